The molecule has 2 aromatic rings. The predicted octanol–water partition coefficient (Wildman–Crippen LogP) is 1.33. The van der Waals surface area contributed by atoms with Crippen LogP contribution in [0.1, 0.15) is 5.56 Å². The van der Waals surface area contributed by atoms with Crippen LogP contribution in [0.3, 0.4) is 0 Å². The number of nitrogens with two attached hydrogens (primary N) is 1. The lowest BCUT2D eigenvalue weighted by Crippen LogP contribution is -2.18. The van der Waals surface area contributed by atoms with Crippen molar-refractivity contribution >= 4 is 16.9 Å². The maximum absolute atomic E-state index is 11.3. The lowest BCUT2D eigenvalue weighted by Gasteiger charge is -1.97. The Morgan fingerprint density at radius 2 is 2.19 bits per heavy atom. The Balaban J connectivity index is 2.53. The summed E-state index contributed by atoms with van der Waals surface area (Å²) in [6.07, 6.45) is 2.71. The molecule has 0 saturated carbocycles. The molecule has 0 radical (unpaired) electrons. The summed E-state index contributed by atoms with van der Waals surface area (Å²) in [6.45, 7) is 0.882. The molecule has 4 nitrogen and oxygen atoms in total. The number of rotatable bonds is 3. The van der Waals surface area contributed by atoms with Gasteiger partial charge in [0.15, 0.2) is 0 Å². The Labute approximate surface area is 94.0 Å². The molecular formula is C12H15N3O. The van der Waals surface area contributed by atoms with Crippen molar-refractivity contribution in [2.75, 3.05) is 13.6 Å². The monoisotopic (exact) mass is 217 g/mol. The molecule has 0 atom stereocenters. The van der Waals surface area contributed by atoms with E-state index in [1.54, 1.807) is 0 Å². The van der Waals surface area contributed by atoms with Gasteiger partial charge in [-0.3, -0.25) is 4.57 Å². The number of fused-ring (bicyclic) bond motifs is 1. The third-order valence-corrected chi connectivity index (χ3v) is 2.68. The molecule has 1 heterocycles. The van der Waals surface area contributed by atoms with Crippen molar-refractivity contribution in [2.45, 2.75) is 6.42 Å². The zero-order valence-electron chi connectivity index (χ0n) is 9.23. The number of hydrogen-bond donors (Lipinski definition) is 2. The number of nitrogens with one attached hydrogen (secondary N) is 1. The number of primary amides is 1. The summed E-state index contributed by atoms with van der Waals surface area (Å²) in [7, 11) is 1.91. The fourth-order valence-electron chi connectivity index (χ4n) is 1.89. The number of amides is 1. The van der Waals surface area contributed by atoms with Crippen LogP contribution in [0.2, 0.25) is 0 Å². The fourth-order valence-corrected chi connectivity index (χ4v) is 1.89. The standard InChI is InChI=1S/C12H15N3O/c1-14-7-6-9-8-15(12(13)16)11-5-3-2-4-10(9)11/h2-5,8,14H,6-7H2,1H3,(H2,13,16). The van der Waals surface area contributed by atoms with Gasteiger partial charge in [0, 0.05) is 11.6 Å². The van der Waals surface area contributed by atoms with Gasteiger partial charge < -0.3 is 11.1 Å². The summed E-state index contributed by atoms with van der Waals surface area (Å²) >= 11 is 0. The first kappa shape index (κ1) is 10.7. The quantitative estimate of drug-likeness (QED) is 0.814. The van der Waals surface area contributed by atoms with E-state index in [0.717, 1.165) is 29.4 Å². The minimum absolute atomic E-state index is 0.438. The lowest BCUT2D eigenvalue weighted by molar-refractivity contribution is 0.251. The van der Waals surface area contributed by atoms with Gasteiger partial charge in [-0.05, 0) is 31.6 Å². The van der Waals surface area contributed by atoms with E-state index < -0.39 is 6.03 Å². The van der Waals surface area contributed by atoms with Crippen molar-refractivity contribution in [1.82, 2.24) is 9.88 Å². The predicted molar refractivity (Wildman–Crippen MR) is 64.6 cm³/mol. The molecule has 3 N–H and O–H groups in total. The molecule has 1 aromatic carbocycles. The Morgan fingerprint density at radius 3 is 2.88 bits per heavy atom. The highest BCUT2D eigenvalue weighted by Crippen LogP contribution is 2.21. The molecule has 0 unspecified atom stereocenters. The summed E-state index contributed by atoms with van der Waals surface area (Å²) in [5.74, 6) is 0. The number of hydrogen-bond acceptors (Lipinski definition) is 2. The Hall–Kier alpha value is -1.81. The molecule has 1 aromatic heterocycles. The van der Waals surface area contributed by atoms with Crippen molar-refractivity contribution < 1.29 is 4.79 Å². The number of carbonyl (C=O) groups excluding carboxylic acids is 1. The third-order valence-electron chi connectivity index (χ3n) is 2.68. The van der Waals surface area contributed by atoms with Crippen LogP contribution in [0, 0.1) is 0 Å². The van der Waals surface area contributed by atoms with Gasteiger partial charge in [-0.25, -0.2) is 4.79 Å². The molecule has 0 spiro atoms. The highest BCUT2D eigenvalue weighted by Gasteiger charge is 2.09. The van der Waals surface area contributed by atoms with Crippen LogP contribution in [-0.2, 0) is 6.42 Å². The second-order valence-electron chi connectivity index (χ2n) is 3.73. The molecule has 2 rings (SSSR count). The van der Waals surface area contributed by atoms with Gasteiger partial charge in [0.1, 0.15) is 0 Å². The van der Waals surface area contributed by atoms with E-state index >= 15 is 0 Å². The Bertz CT molecular complexity index is 516. The molecular weight excluding hydrogens is 202 g/mol. The van der Waals surface area contributed by atoms with E-state index in [2.05, 4.69) is 5.32 Å². The maximum Gasteiger partial charge on any atom is 0.323 e. The average molecular weight is 217 g/mol. The van der Waals surface area contributed by atoms with Gasteiger partial charge >= 0.3 is 6.03 Å². The van der Waals surface area contributed by atoms with E-state index in [9.17, 15) is 4.79 Å². The topological polar surface area (TPSA) is 60.1 Å². The number of likely N-dealkylation sites (N-methyl/N-ethyl adjacent to an activating group) is 1. The van der Waals surface area contributed by atoms with E-state index in [4.69, 9.17) is 5.73 Å². The van der Waals surface area contributed by atoms with Crippen LogP contribution >= 0.6 is 0 Å². The number of benzene rings is 1. The summed E-state index contributed by atoms with van der Waals surface area (Å²) < 4.78 is 1.50. The number of nitrogens with zero attached hydrogens (tertiary/aromatic N) is 1. The molecule has 4 heteroatoms. The summed E-state index contributed by atoms with van der Waals surface area (Å²) in [4.78, 5) is 11.3. The summed E-state index contributed by atoms with van der Waals surface area (Å²) in [6, 6.07) is 7.36. The van der Waals surface area contributed by atoms with Gasteiger partial charge in [-0.15, -0.1) is 0 Å². The van der Waals surface area contributed by atoms with E-state index in [-0.39, 0.29) is 0 Å². The highest BCUT2D eigenvalue weighted by atomic mass is 16.2. The zero-order chi connectivity index (χ0) is 11.5. The van der Waals surface area contributed by atoms with E-state index in [0.29, 0.717) is 0 Å². The van der Waals surface area contributed by atoms with Gasteiger partial charge in [0.25, 0.3) is 0 Å². The lowest BCUT2D eigenvalue weighted by atomic mass is 10.1. The molecule has 1 amide bonds. The van der Waals surface area contributed by atoms with E-state index in [1.165, 1.54) is 4.57 Å². The van der Waals surface area contributed by atoms with Gasteiger partial charge in [0.2, 0.25) is 0 Å². The van der Waals surface area contributed by atoms with Crippen molar-refractivity contribution in [3.8, 4) is 0 Å². The second-order valence-corrected chi connectivity index (χ2v) is 3.73. The van der Waals surface area contributed by atoms with Crippen molar-refractivity contribution in [1.29, 1.82) is 0 Å². The number of para-hydroxylation sites is 1. The normalized spacial score (nSPS) is 10.8. The number of carbonyl (C=O) groups is 1. The Morgan fingerprint density at radius 1 is 1.44 bits per heavy atom. The van der Waals surface area contributed by atoms with Crippen LogP contribution in [0.15, 0.2) is 30.5 Å². The van der Waals surface area contributed by atoms with Crippen LogP contribution in [0.5, 0.6) is 0 Å². The fraction of sp³-hybridized carbons (Fsp3) is 0.250. The number of aromatic nitrogens is 1. The first-order valence-corrected chi connectivity index (χ1v) is 5.27. The minimum Gasteiger partial charge on any atom is -0.351 e. The molecule has 0 saturated heterocycles. The smallest absolute Gasteiger partial charge is 0.323 e. The molecule has 84 valence electrons. The van der Waals surface area contributed by atoms with Gasteiger partial charge in [-0.2, -0.15) is 0 Å². The van der Waals surface area contributed by atoms with Crippen molar-refractivity contribution in [2.24, 2.45) is 5.73 Å². The average Bonchev–Trinajstić information content (AvgIpc) is 2.65. The third kappa shape index (κ3) is 1.79. The molecule has 0 aliphatic carbocycles. The zero-order valence-corrected chi connectivity index (χ0v) is 9.23. The molecule has 0 bridgehead atoms. The van der Waals surface area contributed by atoms with Crippen LogP contribution in [0.25, 0.3) is 10.9 Å². The van der Waals surface area contributed by atoms with Crippen molar-refractivity contribution in [3.05, 3.63) is 36.0 Å². The van der Waals surface area contributed by atoms with E-state index in [1.807, 2.05) is 37.5 Å². The summed E-state index contributed by atoms with van der Waals surface area (Å²) in [5.41, 5.74) is 7.35. The summed E-state index contributed by atoms with van der Waals surface area (Å²) in [5, 5.41) is 4.19. The Kier molecular flexibility index (Phi) is 2.92. The van der Waals surface area contributed by atoms with Gasteiger partial charge in [-0.1, -0.05) is 18.2 Å². The second kappa shape index (κ2) is 4.37. The van der Waals surface area contributed by atoms with Gasteiger partial charge in [0.05, 0.1) is 5.52 Å². The molecule has 16 heavy (non-hydrogen) atoms. The highest BCUT2D eigenvalue weighted by molar-refractivity contribution is 5.93. The first-order valence-electron chi connectivity index (χ1n) is 5.27. The SMILES string of the molecule is CNCCc1cn(C(N)=O)c2ccccc12. The minimum atomic E-state index is -0.438. The van der Waals surface area contributed by atoms with Crippen LogP contribution in [-0.4, -0.2) is 24.2 Å². The largest absolute Gasteiger partial charge is 0.351 e. The van der Waals surface area contributed by atoms with Crippen LogP contribution < -0.4 is 11.1 Å². The molecule has 0 fully saturated rings. The molecule has 0 aliphatic heterocycles. The molecule has 0 aliphatic rings. The van der Waals surface area contributed by atoms with Crippen molar-refractivity contribution in [3.63, 3.8) is 0 Å². The maximum atomic E-state index is 11.3. The first-order chi connectivity index (χ1) is 7.74. The van der Waals surface area contributed by atoms with Crippen LogP contribution in [0.4, 0.5) is 4.79 Å².